The zero-order chi connectivity index (χ0) is 12.7. The number of ketones is 1. The zero-order valence-electron chi connectivity index (χ0n) is 9.59. The molecule has 0 unspecified atom stereocenters. The van der Waals surface area contributed by atoms with Gasteiger partial charge in [-0.25, -0.2) is 4.79 Å². The maximum Gasteiger partial charge on any atom is 0.337 e. The summed E-state index contributed by atoms with van der Waals surface area (Å²) < 4.78 is 1.73. The highest BCUT2D eigenvalue weighted by Crippen LogP contribution is 2.22. The molecule has 2 heterocycles. The molecule has 0 aliphatic carbocycles. The van der Waals surface area contributed by atoms with Crippen LogP contribution in [0.3, 0.4) is 0 Å². The number of hydrogen-bond donors (Lipinski definition) is 1. The van der Waals surface area contributed by atoms with E-state index in [-0.39, 0.29) is 11.3 Å². The van der Waals surface area contributed by atoms with Crippen LogP contribution >= 0.6 is 0 Å². The molecule has 3 rings (SSSR count). The summed E-state index contributed by atoms with van der Waals surface area (Å²) in [7, 11) is 0. The van der Waals surface area contributed by atoms with Crippen LogP contribution in [-0.2, 0) is 13.0 Å². The zero-order valence-corrected chi connectivity index (χ0v) is 9.59. The highest BCUT2D eigenvalue weighted by atomic mass is 16.4. The third kappa shape index (κ3) is 1.54. The minimum absolute atomic E-state index is 0.101. The first-order chi connectivity index (χ1) is 8.66. The van der Waals surface area contributed by atoms with E-state index in [1.54, 1.807) is 10.6 Å². The summed E-state index contributed by atoms with van der Waals surface area (Å²) in [4.78, 5) is 23.3. The average Bonchev–Trinajstić information content (AvgIpc) is 2.75. The number of rotatable bonds is 1. The van der Waals surface area contributed by atoms with E-state index in [4.69, 9.17) is 5.11 Å². The number of fused-ring (bicyclic) bond motifs is 2. The molecule has 18 heavy (non-hydrogen) atoms. The van der Waals surface area contributed by atoms with Gasteiger partial charge in [0.1, 0.15) is 0 Å². The number of carboxylic acids is 1. The highest BCUT2D eigenvalue weighted by Gasteiger charge is 2.23. The van der Waals surface area contributed by atoms with Crippen LogP contribution in [0.25, 0.3) is 0 Å². The molecule has 0 saturated heterocycles. The summed E-state index contributed by atoms with van der Waals surface area (Å²) in [6.45, 7) is 0.630. The van der Waals surface area contributed by atoms with Crippen LogP contribution in [-0.4, -0.2) is 21.4 Å². The fraction of sp³-hybridized carbons (Fsp3) is 0.143. The lowest BCUT2D eigenvalue weighted by molar-refractivity contribution is 0.0696. The maximum absolute atomic E-state index is 12.4. The molecule has 4 nitrogen and oxygen atoms in total. The fourth-order valence-corrected chi connectivity index (χ4v) is 2.34. The molecule has 90 valence electrons. The lowest BCUT2D eigenvalue weighted by Gasteiger charge is -2.01. The molecular weight excluding hydrogens is 230 g/mol. The van der Waals surface area contributed by atoms with Crippen molar-refractivity contribution in [3.05, 3.63) is 58.9 Å². The second kappa shape index (κ2) is 3.84. The molecule has 0 bridgehead atoms. The van der Waals surface area contributed by atoms with Gasteiger partial charge in [-0.15, -0.1) is 0 Å². The molecule has 1 aromatic carbocycles. The number of aromatic nitrogens is 1. The Morgan fingerprint density at radius 3 is 2.83 bits per heavy atom. The van der Waals surface area contributed by atoms with Gasteiger partial charge in [-0.3, -0.25) is 4.79 Å². The van der Waals surface area contributed by atoms with Crippen molar-refractivity contribution >= 4 is 11.8 Å². The van der Waals surface area contributed by atoms with Gasteiger partial charge in [0.05, 0.1) is 11.3 Å². The van der Waals surface area contributed by atoms with Gasteiger partial charge in [-0.1, -0.05) is 24.3 Å². The van der Waals surface area contributed by atoms with Gasteiger partial charge >= 0.3 is 5.97 Å². The van der Waals surface area contributed by atoms with Crippen molar-refractivity contribution in [2.75, 3.05) is 0 Å². The van der Waals surface area contributed by atoms with Crippen LogP contribution in [0.15, 0.2) is 36.5 Å². The summed E-state index contributed by atoms with van der Waals surface area (Å²) in [6, 6.07) is 8.92. The van der Waals surface area contributed by atoms with E-state index in [1.165, 1.54) is 12.3 Å². The van der Waals surface area contributed by atoms with Gasteiger partial charge < -0.3 is 9.67 Å². The van der Waals surface area contributed by atoms with Crippen molar-refractivity contribution < 1.29 is 14.7 Å². The molecule has 1 N–H and O–H groups in total. The molecule has 0 fully saturated rings. The third-order valence-corrected chi connectivity index (χ3v) is 3.26. The topological polar surface area (TPSA) is 59.3 Å². The summed E-state index contributed by atoms with van der Waals surface area (Å²) in [5.74, 6) is -1.10. The second-order valence-electron chi connectivity index (χ2n) is 4.35. The second-order valence-corrected chi connectivity index (χ2v) is 4.35. The molecule has 1 aromatic heterocycles. The Kier molecular flexibility index (Phi) is 2.30. The SMILES string of the molecule is O=C(O)c1cc2n(c1)CCc1ccccc1C2=O. The van der Waals surface area contributed by atoms with Gasteiger partial charge in [0.2, 0.25) is 5.78 Å². The lowest BCUT2D eigenvalue weighted by atomic mass is 10.0. The fourth-order valence-electron chi connectivity index (χ4n) is 2.34. The molecule has 1 aliphatic heterocycles. The van der Waals surface area contributed by atoms with E-state index < -0.39 is 5.97 Å². The van der Waals surface area contributed by atoms with E-state index in [9.17, 15) is 9.59 Å². The first-order valence-electron chi connectivity index (χ1n) is 5.73. The van der Waals surface area contributed by atoms with Crippen LogP contribution in [0.4, 0.5) is 0 Å². The van der Waals surface area contributed by atoms with Crippen molar-refractivity contribution in [2.45, 2.75) is 13.0 Å². The summed E-state index contributed by atoms with van der Waals surface area (Å²) >= 11 is 0. The molecule has 4 heteroatoms. The van der Waals surface area contributed by atoms with Crippen LogP contribution < -0.4 is 0 Å². The molecule has 0 atom stereocenters. The van der Waals surface area contributed by atoms with Gasteiger partial charge in [-0.2, -0.15) is 0 Å². The Bertz CT molecular complexity index is 655. The maximum atomic E-state index is 12.4. The van der Waals surface area contributed by atoms with Gasteiger partial charge in [0.25, 0.3) is 0 Å². The largest absolute Gasteiger partial charge is 0.478 e. The van der Waals surface area contributed by atoms with E-state index in [0.717, 1.165) is 12.0 Å². The lowest BCUT2D eigenvalue weighted by Crippen LogP contribution is -2.06. The van der Waals surface area contributed by atoms with Crippen LogP contribution in [0.5, 0.6) is 0 Å². The standard InChI is InChI=1S/C14H11NO3/c16-13-11-4-2-1-3-9(11)5-6-15-8-10(14(17)18)7-12(13)15/h1-4,7-8H,5-6H2,(H,17,18). The monoisotopic (exact) mass is 241 g/mol. The van der Waals surface area contributed by atoms with E-state index in [1.807, 2.05) is 18.2 Å². The van der Waals surface area contributed by atoms with Gasteiger partial charge in [-0.05, 0) is 18.1 Å². The number of nitrogens with zero attached hydrogens (tertiary/aromatic N) is 1. The molecule has 2 aromatic rings. The van der Waals surface area contributed by atoms with E-state index in [0.29, 0.717) is 17.8 Å². The van der Waals surface area contributed by atoms with Gasteiger partial charge in [0, 0.05) is 18.3 Å². The number of carbonyl (C=O) groups is 2. The average molecular weight is 241 g/mol. The summed E-state index contributed by atoms with van der Waals surface area (Å²) in [6.07, 6.45) is 2.27. The van der Waals surface area contributed by atoms with Crippen molar-refractivity contribution in [3.8, 4) is 0 Å². The smallest absolute Gasteiger partial charge is 0.337 e. The Balaban J connectivity index is 2.15. The third-order valence-electron chi connectivity index (χ3n) is 3.26. The van der Waals surface area contributed by atoms with Crippen LogP contribution in [0.1, 0.15) is 32.0 Å². The van der Waals surface area contributed by atoms with Crippen LogP contribution in [0.2, 0.25) is 0 Å². The predicted molar refractivity (Wildman–Crippen MR) is 65.0 cm³/mol. The Hall–Kier alpha value is -2.36. The first kappa shape index (κ1) is 10.8. The Morgan fingerprint density at radius 2 is 2.06 bits per heavy atom. The number of aryl methyl sites for hydroxylation is 2. The van der Waals surface area contributed by atoms with Crippen molar-refractivity contribution in [3.63, 3.8) is 0 Å². The highest BCUT2D eigenvalue weighted by molar-refractivity contribution is 6.10. The quantitative estimate of drug-likeness (QED) is 0.830. The van der Waals surface area contributed by atoms with Crippen LogP contribution in [0, 0.1) is 0 Å². The molecule has 1 aliphatic rings. The van der Waals surface area contributed by atoms with Crippen molar-refractivity contribution in [1.82, 2.24) is 4.57 Å². The number of carbonyl (C=O) groups excluding carboxylic acids is 1. The number of hydrogen-bond acceptors (Lipinski definition) is 2. The van der Waals surface area contributed by atoms with Gasteiger partial charge in [0.15, 0.2) is 0 Å². The van der Waals surface area contributed by atoms with Crippen molar-refractivity contribution in [1.29, 1.82) is 0 Å². The Morgan fingerprint density at radius 1 is 1.28 bits per heavy atom. The minimum Gasteiger partial charge on any atom is -0.478 e. The Labute approximate surface area is 103 Å². The summed E-state index contributed by atoms with van der Waals surface area (Å²) in [5.41, 5.74) is 2.31. The molecule has 0 saturated carbocycles. The normalized spacial score (nSPS) is 13.7. The van der Waals surface area contributed by atoms with E-state index in [2.05, 4.69) is 0 Å². The number of aromatic carboxylic acids is 1. The first-order valence-corrected chi connectivity index (χ1v) is 5.73. The minimum atomic E-state index is -1.00. The summed E-state index contributed by atoms with van der Waals surface area (Å²) in [5, 5.41) is 8.96. The molecule has 0 radical (unpaired) electrons. The predicted octanol–water partition coefficient (Wildman–Crippen LogP) is 1.97. The van der Waals surface area contributed by atoms with Crippen molar-refractivity contribution in [2.24, 2.45) is 0 Å². The molecule has 0 amide bonds. The molecule has 0 spiro atoms. The number of carboxylic acid groups (broad SMARTS) is 1. The molecular formula is C14H11NO3. The number of benzene rings is 1. The van der Waals surface area contributed by atoms with E-state index >= 15 is 0 Å².